The number of anilines is 1. The van der Waals surface area contributed by atoms with Crippen molar-refractivity contribution >= 4 is 34.7 Å². The number of esters is 1. The number of hydrogen-bond donors (Lipinski definition) is 1. The maximum Gasteiger partial charge on any atom is 0.307 e. The van der Waals surface area contributed by atoms with Crippen LogP contribution in [0.1, 0.15) is 35.0 Å². The van der Waals surface area contributed by atoms with Crippen molar-refractivity contribution < 1.29 is 19.1 Å². The number of hydrogen-bond acceptors (Lipinski definition) is 5. The van der Waals surface area contributed by atoms with Crippen LogP contribution in [0, 0.1) is 6.92 Å². The van der Waals surface area contributed by atoms with E-state index in [0.717, 1.165) is 5.56 Å². The normalized spacial score (nSPS) is 11.6. The topological polar surface area (TPSA) is 72.5 Å². The lowest BCUT2D eigenvalue weighted by molar-refractivity contribution is -0.153. The highest BCUT2D eigenvalue weighted by Crippen LogP contribution is 2.13. The van der Waals surface area contributed by atoms with Crippen LogP contribution >= 0.6 is 11.3 Å². The molecule has 5 nitrogen and oxygen atoms in total. The van der Waals surface area contributed by atoms with E-state index in [2.05, 4.69) is 5.32 Å². The van der Waals surface area contributed by atoms with Crippen LogP contribution in [0.5, 0.6) is 0 Å². The van der Waals surface area contributed by atoms with E-state index >= 15 is 0 Å². The molecule has 0 aliphatic rings. The van der Waals surface area contributed by atoms with Crippen molar-refractivity contribution in [3.63, 3.8) is 0 Å². The number of carbonyl (C=O) groups excluding carboxylic acids is 3. The third-order valence-electron chi connectivity index (χ3n) is 3.35. The molecule has 126 valence electrons. The van der Waals surface area contributed by atoms with Gasteiger partial charge < -0.3 is 10.1 Å². The van der Waals surface area contributed by atoms with Crippen LogP contribution in [0.2, 0.25) is 0 Å². The number of amides is 1. The summed E-state index contributed by atoms with van der Waals surface area (Å²) in [5.74, 6) is -1.07. The Labute approximate surface area is 144 Å². The number of Topliss-reactive ketones (excluding diaryl/α,β-unsaturated/α-hetero) is 1. The third-order valence-corrected chi connectivity index (χ3v) is 4.26. The summed E-state index contributed by atoms with van der Waals surface area (Å²) >= 11 is 1.34. The van der Waals surface area contributed by atoms with Crippen LogP contribution in [0.15, 0.2) is 41.8 Å². The lowest BCUT2D eigenvalue weighted by atomic mass is 10.2. The van der Waals surface area contributed by atoms with E-state index in [9.17, 15) is 14.4 Å². The molecule has 1 heterocycles. The standard InChI is InChI=1S/C18H19NO4S/c1-12-5-7-14(8-6-12)19-18(22)13(2)23-17(21)10-9-15(20)16-4-3-11-24-16/h3-8,11,13H,9-10H2,1-2H3,(H,19,22)/t13-/m0/s1. The fourth-order valence-corrected chi connectivity index (χ4v) is 2.66. The Balaban J connectivity index is 1.77. The molecule has 24 heavy (non-hydrogen) atoms. The van der Waals surface area contributed by atoms with Crippen LogP contribution in [0.4, 0.5) is 5.69 Å². The molecule has 0 bridgehead atoms. The van der Waals surface area contributed by atoms with Crippen molar-refractivity contribution in [1.29, 1.82) is 0 Å². The molecule has 2 aromatic rings. The molecule has 6 heteroatoms. The molecular formula is C18H19NO4S. The number of thiophene rings is 1. The minimum absolute atomic E-state index is 0.0428. The van der Waals surface area contributed by atoms with E-state index in [1.165, 1.54) is 18.3 Å². The van der Waals surface area contributed by atoms with E-state index in [-0.39, 0.29) is 18.6 Å². The van der Waals surface area contributed by atoms with Gasteiger partial charge in [0.15, 0.2) is 11.9 Å². The molecule has 0 saturated heterocycles. The first-order valence-corrected chi connectivity index (χ1v) is 8.47. The zero-order valence-electron chi connectivity index (χ0n) is 13.6. The van der Waals surface area contributed by atoms with Gasteiger partial charge in [-0.1, -0.05) is 23.8 Å². The van der Waals surface area contributed by atoms with E-state index < -0.39 is 18.0 Å². The molecule has 0 unspecified atom stereocenters. The van der Waals surface area contributed by atoms with Crippen molar-refractivity contribution in [3.8, 4) is 0 Å². The Morgan fingerprint density at radius 3 is 2.46 bits per heavy atom. The van der Waals surface area contributed by atoms with Gasteiger partial charge in [-0.25, -0.2) is 0 Å². The molecular weight excluding hydrogens is 326 g/mol. The molecule has 1 amide bonds. The van der Waals surface area contributed by atoms with Gasteiger partial charge in [0.25, 0.3) is 5.91 Å². The third kappa shape index (κ3) is 5.31. The lowest BCUT2D eigenvalue weighted by Gasteiger charge is -2.13. The zero-order valence-corrected chi connectivity index (χ0v) is 14.4. The highest BCUT2D eigenvalue weighted by molar-refractivity contribution is 7.12. The summed E-state index contributed by atoms with van der Waals surface area (Å²) in [6.45, 7) is 3.45. The molecule has 1 aromatic carbocycles. The maximum atomic E-state index is 12.0. The van der Waals surface area contributed by atoms with Crippen molar-refractivity contribution in [2.45, 2.75) is 32.8 Å². The summed E-state index contributed by atoms with van der Waals surface area (Å²) in [6, 6.07) is 10.8. The smallest absolute Gasteiger partial charge is 0.307 e. The predicted molar refractivity (Wildman–Crippen MR) is 93.2 cm³/mol. The van der Waals surface area contributed by atoms with Gasteiger partial charge in [-0.3, -0.25) is 14.4 Å². The quantitative estimate of drug-likeness (QED) is 0.615. The molecule has 0 aliphatic heterocycles. The molecule has 1 N–H and O–H groups in total. The Morgan fingerprint density at radius 2 is 1.83 bits per heavy atom. The molecule has 2 rings (SSSR count). The average Bonchev–Trinajstić information content (AvgIpc) is 3.09. The first kappa shape index (κ1) is 17.9. The monoisotopic (exact) mass is 345 g/mol. The van der Waals surface area contributed by atoms with Gasteiger partial charge in [0.1, 0.15) is 0 Å². The Morgan fingerprint density at radius 1 is 1.12 bits per heavy atom. The predicted octanol–water partition coefficient (Wildman–Crippen LogP) is 3.59. The van der Waals surface area contributed by atoms with Gasteiger partial charge in [0.2, 0.25) is 0 Å². The van der Waals surface area contributed by atoms with Crippen molar-refractivity contribution in [3.05, 3.63) is 52.2 Å². The molecule has 1 atom stereocenters. The van der Waals surface area contributed by atoms with Crippen LogP contribution in [0.3, 0.4) is 0 Å². The lowest BCUT2D eigenvalue weighted by Crippen LogP contribution is -2.30. The van der Waals surface area contributed by atoms with Crippen LogP contribution in [-0.2, 0) is 14.3 Å². The van der Waals surface area contributed by atoms with Gasteiger partial charge in [0, 0.05) is 12.1 Å². The number of ketones is 1. The Kier molecular flexibility index (Phi) is 6.26. The molecule has 1 aromatic heterocycles. The summed E-state index contributed by atoms with van der Waals surface area (Å²) in [6.07, 6.45) is -0.888. The maximum absolute atomic E-state index is 12.0. The molecule has 0 radical (unpaired) electrons. The van der Waals surface area contributed by atoms with Crippen LogP contribution in [0.25, 0.3) is 0 Å². The summed E-state index contributed by atoms with van der Waals surface area (Å²) < 4.78 is 5.08. The van der Waals surface area contributed by atoms with Crippen LogP contribution in [-0.4, -0.2) is 23.8 Å². The van der Waals surface area contributed by atoms with Crippen molar-refractivity contribution in [2.75, 3.05) is 5.32 Å². The van der Waals surface area contributed by atoms with Gasteiger partial charge >= 0.3 is 5.97 Å². The van der Waals surface area contributed by atoms with E-state index in [1.54, 1.807) is 24.3 Å². The Bertz CT molecular complexity index is 707. The average molecular weight is 345 g/mol. The number of benzene rings is 1. The van der Waals surface area contributed by atoms with Gasteiger partial charge in [-0.2, -0.15) is 0 Å². The van der Waals surface area contributed by atoms with Gasteiger partial charge in [-0.05, 0) is 37.4 Å². The summed E-state index contributed by atoms with van der Waals surface area (Å²) in [5, 5.41) is 4.49. The SMILES string of the molecule is Cc1ccc(NC(=O)[C@H](C)OC(=O)CCC(=O)c2cccs2)cc1. The number of carbonyl (C=O) groups is 3. The molecule has 0 aliphatic carbocycles. The van der Waals surface area contributed by atoms with Crippen molar-refractivity contribution in [2.24, 2.45) is 0 Å². The van der Waals surface area contributed by atoms with E-state index in [4.69, 9.17) is 4.74 Å². The van der Waals surface area contributed by atoms with Crippen LogP contribution < -0.4 is 5.32 Å². The van der Waals surface area contributed by atoms with Crippen molar-refractivity contribution in [1.82, 2.24) is 0 Å². The zero-order chi connectivity index (χ0) is 17.5. The summed E-state index contributed by atoms with van der Waals surface area (Å²) in [4.78, 5) is 36.2. The minimum atomic E-state index is -0.921. The first-order chi connectivity index (χ1) is 11.5. The van der Waals surface area contributed by atoms with E-state index in [0.29, 0.717) is 10.6 Å². The minimum Gasteiger partial charge on any atom is -0.453 e. The Hall–Kier alpha value is -2.47. The second-order valence-corrected chi connectivity index (χ2v) is 6.34. The second-order valence-electron chi connectivity index (χ2n) is 5.39. The second kappa shape index (κ2) is 8.40. The first-order valence-electron chi connectivity index (χ1n) is 7.59. The highest BCUT2D eigenvalue weighted by Gasteiger charge is 2.19. The molecule has 0 spiro atoms. The molecule has 0 fully saturated rings. The fourth-order valence-electron chi connectivity index (χ4n) is 1.97. The van der Waals surface area contributed by atoms with Gasteiger partial charge in [-0.15, -0.1) is 11.3 Å². The summed E-state index contributed by atoms with van der Waals surface area (Å²) in [7, 11) is 0. The summed E-state index contributed by atoms with van der Waals surface area (Å²) in [5.41, 5.74) is 1.73. The number of rotatable bonds is 7. The fraction of sp³-hybridized carbons (Fsp3) is 0.278. The van der Waals surface area contributed by atoms with Gasteiger partial charge in [0.05, 0.1) is 11.3 Å². The van der Waals surface area contributed by atoms with E-state index in [1.807, 2.05) is 24.4 Å². The number of aryl methyl sites for hydroxylation is 1. The number of nitrogens with one attached hydrogen (secondary N) is 1. The highest BCUT2D eigenvalue weighted by atomic mass is 32.1. The number of ether oxygens (including phenoxy) is 1. The molecule has 0 saturated carbocycles. The largest absolute Gasteiger partial charge is 0.453 e.